The standard InChI is InChI=1S/C16H19N3O2S/c1-22-7-6-13-15(20)19-14(16(21)18-13)8-10-9-17-12-5-3-2-4-11(10)12/h2-5,9,13-14,17H,6-8H2,1H3,(H,18,21)(H,19,20)/t13-,14-/m0/s1. The van der Waals surface area contributed by atoms with E-state index in [0.29, 0.717) is 12.8 Å². The lowest BCUT2D eigenvalue weighted by Gasteiger charge is -2.29. The molecular weight excluding hydrogens is 298 g/mol. The minimum absolute atomic E-state index is 0.0847. The monoisotopic (exact) mass is 317 g/mol. The number of hydrogen-bond acceptors (Lipinski definition) is 3. The van der Waals surface area contributed by atoms with Gasteiger partial charge in [-0.05, 0) is 30.1 Å². The number of nitrogens with one attached hydrogen (secondary N) is 3. The van der Waals surface area contributed by atoms with Crippen LogP contribution in [0, 0.1) is 0 Å². The maximum Gasteiger partial charge on any atom is 0.243 e. The average Bonchev–Trinajstić information content (AvgIpc) is 2.92. The van der Waals surface area contributed by atoms with Crippen molar-refractivity contribution in [3.05, 3.63) is 36.0 Å². The Bertz CT molecular complexity index is 698. The zero-order valence-electron chi connectivity index (χ0n) is 12.4. The van der Waals surface area contributed by atoms with E-state index in [0.717, 1.165) is 22.2 Å². The molecule has 0 radical (unpaired) electrons. The molecule has 5 nitrogen and oxygen atoms in total. The predicted molar refractivity (Wildman–Crippen MR) is 88.9 cm³/mol. The fourth-order valence-corrected chi connectivity index (χ4v) is 3.25. The van der Waals surface area contributed by atoms with Gasteiger partial charge in [0.2, 0.25) is 11.8 Å². The number of amides is 2. The van der Waals surface area contributed by atoms with Crippen molar-refractivity contribution < 1.29 is 9.59 Å². The summed E-state index contributed by atoms with van der Waals surface area (Å²) < 4.78 is 0. The number of thioether (sulfide) groups is 1. The lowest BCUT2D eigenvalue weighted by molar-refractivity contribution is -0.136. The fourth-order valence-electron chi connectivity index (χ4n) is 2.78. The van der Waals surface area contributed by atoms with Crippen LogP contribution in [0.1, 0.15) is 12.0 Å². The molecule has 0 bridgehead atoms. The molecule has 0 unspecified atom stereocenters. The number of hydrogen-bond donors (Lipinski definition) is 3. The summed E-state index contributed by atoms with van der Waals surface area (Å²) in [7, 11) is 0. The predicted octanol–water partition coefficient (Wildman–Crippen LogP) is 1.45. The molecule has 1 aliphatic rings. The molecule has 2 aromatic rings. The van der Waals surface area contributed by atoms with Gasteiger partial charge in [0.15, 0.2) is 0 Å². The van der Waals surface area contributed by atoms with Gasteiger partial charge in [-0.1, -0.05) is 18.2 Å². The van der Waals surface area contributed by atoms with Crippen molar-refractivity contribution >= 4 is 34.5 Å². The molecule has 1 aromatic heterocycles. The Morgan fingerprint density at radius 1 is 1.09 bits per heavy atom. The second-order valence-electron chi connectivity index (χ2n) is 5.47. The molecular formula is C16H19N3O2S. The van der Waals surface area contributed by atoms with E-state index >= 15 is 0 Å². The first kappa shape index (κ1) is 15.0. The first-order valence-electron chi connectivity index (χ1n) is 7.33. The van der Waals surface area contributed by atoms with Gasteiger partial charge in [0.1, 0.15) is 12.1 Å². The Hall–Kier alpha value is -1.95. The minimum atomic E-state index is -0.503. The first-order valence-corrected chi connectivity index (χ1v) is 8.73. The molecule has 3 N–H and O–H groups in total. The van der Waals surface area contributed by atoms with Gasteiger partial charge in [-0.15, -0.1) is 0 Å². The number of carbonyl (C=O) groups is 2. The van der Waals surface area contributed by atoms with Crippen molar-refractivity contribution in [1.82, 2.24) is 15.6 Å². The smallest absolute Gasteiger partial charge is 0.243 e. The van der Waals surface area contributed by atoms with Crippen LogP contribution >= 0.6 is 11.8 Å². The molecule has 0 spiro atoms. The quantitative estimate of drug-likeness (QED) is 0.781. The Morgan fingerprint density at radius 2 is 1.82 bits per heavy atom. The van der Waals surface area contributed by atoms with E-state index in [-0.39, 0.29) is 11.8 Å². The number of carbonyl (C=O) groups excluding carboxylic acids is 2. The topological polar surface area (TPSA) is 74.0 Å². The van der Waals surface area contributed by atoms with Crippen LogP contribution in [0.25, 0.3) is 10.9 Å². The second-order valence-corrected chi connectivity index (χ2v) is 6.45. The van der Waals surface area contributed by atoms with Crippen LogP contribution in [-0.4, -0.2) is 40.9 Å². The van der Waals surface area contributed by atoms with Crippen LogP contribution in [-0.2, 0) is 16.0 Å². The number of rotatable bonds is 5. The van der Waals surface area contributed by atoms with Crippen molar-refractivity contribution in [2.24, 2.45) is 0 Å². The zero-order chi connectivity index (χ0) is 15.5. The van der Waals surface area contributed by atoms with E-state index in [2.05, 4.69) is 15.6 Å². The van der Waals surface area contributed by atoms with Gasteiger partial charge in [0.05, 0.1) is 0 Å². The van der Waals surface area contributed by atoms with Gasteiger partial charge >= 0.3 is 0 Å². The molecule has 0 saturated carbocycles. The Balaban J connectivity index is 1.71. The largest absolute Gasteiger partial charge is 0.361 e. The van der Waals surface area contributed by atoms with Gasteiger partial charge in [-0.2, -0.15) is 11.8 Å². The number of piperazine rings is 1. The summed E-state index contributed by atoms with van der Waals surface area (Å²) in [5, 5.41) is 6.78. The van der Waals surface area contributed by atoms with E-state index < -0.39 is 12.1 Å². The molecule has 2 atom stereocenters. The summed E-state index contributed by atoms with van der Waals surface area (Å²) in [6, 6.07) is 7.05. The fraction of sp³-hybridized carbons (Fsp3) is 0.375. The van der Waals surface area contributed by atoms with Crippen molar-refractivity contribution in [1.29, 1.82) is 0 Å². The van der Waals surface area contributed by atoms with Gasteiger partial charge < -0.3 is 15.6 Å². The van der Waals surface area contributed by atoms with Crippen LogP contribution in [0.3, 0.4) is 0 Å². The summed E-state index contributed by atoms with van der Waals surface area (Å²) in [6.07, 6.45) is 5.06. The van der Waals surface area contributed by atoms with E-state index in [1.807, 2.05) is 36.7 Å². The van der Waals surface area contributed by atoms with Crippen LogP contribution < -0.4 is 10.6 Å². The van der Waals surface area contributed by atoms with Crippen LogP contribution in [0.4, 0.5) is 0 Å². The third-order valence-electron chi connectivity index (χ3n) is 3.98. The molecule has 1 fully saturated rings. The lowest BCUT2D eigenvalue weighted by Crippen LogP contribution is -2.62. The number of fused-ring (bicyclic) bond motifs is 1. The van der Waals surface area contributed by atoms with Gasteiger partial charge in [-0.3, -0.25) is 9.59 Å². The third-order valence-corrected chi connectivity index (χ3v) is 4.62. The highest BCUT2D eigenvalue weighted by molar-refractivity contribution is 7.98. The van der Waals surface area contributed by atoms with Gasteiger partial charge in [-0.25, -0.2) is 0 Å². The Labute approximate surface area is 133 Å². The molecule has 2 amide bonds. The summed E-state index contributed by atoms with van der Waals surface area (Å²) >= 11 is 1.67. The highest BCUT2D eigenvalue weighted by Gasteiger charge is 2.33. The Morgan fingerprint density at radius 3 is 2.64 bits per heavy atom. The maximum atomic E-state index is 12.2. The maximum absolute atomic E-state index is 12.2. The molecule has 116 valence electrons. The number of aromatic nitrogens is 1. The molecule has 1 aromatic carbocycles. The van der Waals surface area contributed by atoms with Crippen LogP contribution in [0.2, 0.25) is 0 Å². The van der Waals surface area contributed by atoms with Crippen molar-refractivity contribution in [3.8, 4) is 0 Å². The normalized spacial score (nSPS) is 21.7. The van der Waals surface area contributed by atoms with Crippen LogP contribution in [0.5, 0.6) is 0 Å². The molecule has 6 heteroatoms. The van der Waals surface area contributed by atoms with Crippen molar-refractivity contribution in [2.45, 2.75) is 24.9 Å². The molecule has 1 aliphatic heterocycles. The average molecular weight is 317 g/mol. The minimum Gasteiger partial charge on any atom is -0.361 e. The van der Waals surface area contributed by atoms with Crippen LogP contribution in [0.15, 0.2) is 30.5 Å². The molecule has 1 saturated heterocycles. The SMILES string of the molecule is CSCC[C@@H]1NC(=O)[C@H](Cc2c[nH]c3ccccc23)NC1=O. The molecule has 22 heavy (non-hydrogen) atoms. The number of aromatic amines is 1. The number of benzene rings is 1. The van der Waals surface area contributed by atoms with E-state index in [4.69, 9.17) is 0 Å². The molecule has 0 aliphatic carbocycles. The lowest BCUT2D eigenvalue weighted by atomic mass is 10.0. The number of para-hydroxylation sites is 1. The highest BCUT2D eigenvalue weighted by atomic mass is 32.2. The van der Waals surface area contributed by atoms with Crippen molar-refractivity contribution in [2.75, 3.05) is 12.0 Å². The summed E-state index contributed by atoms with van der Waals surface area (Å²) in [6.45, 7) is 0. The van der Waals surface area contributed by atoms with Crippen molar-refractivity contribution in [3.63, 3.8) is 0 Å². The van der Waals surface area contributed by atoms with E-state index in [1.54, 1.807) is 11.8 Å². The first-order chi connectivity index (χ1) is 10.7. The van der Waals surface area contributed by atoms with E-state index in [9.17, 15) is 9.59 Å². The molecule has 3 rings (SSSR count). The second kappa shape index (κ2) is 6.44. The number of H-pyrrole nitrogens is 1. The molecule has 2 heterocycles. The van der Waals surface area contributed by atoms with E-state index in [1.165, 1.54) is 0 Å². The van der Waals surface area contributed by atoms with Gasteiger partial charge in [0, 0.05) is 23.5 Å². The Kier molecular flexibility index (Phi) is 4.38. The highest BCUT2D eigenvalue weighted by Crippen LogP contribution is 2.20. The zero-order valence-corrected chi connectivity index (χ0v) is 13.2. The summed E-state index contributed by atoms with van der Waals surface area (Å²) in [5.41, 5.74) is 2.08. The third kappa shape index (κ3) is 2.97. The summed E-state index contributed by atoms with van der Waals surface area (Å²) in [5.74, 6) is 0.667. The van der Waals surface area contributed by atoms with Gasteiger partial charge in [0.25, 0.3) is 0 Å². The summed E-state index contributed by atoms with van der Waals surface area (Å²) in [4.78, 5) is 27.5.